The van der Waals surface area contributed by atoms with Crippen LogP contribution in [0.5, 0.6) is 34.5 Å². The van der Waals surface area contributed by atoms with Crippen molar-refractivity contribution in [2.75, 3.05) is 74.9 Å². The van der Waals surface area contributed by atoms with Crippen molar-refractivity contribution in [2.24, 2.45) is 0 Å². The number of hydrogen-bond donors (Lipinski definition) is 0. The Morgan fingerprint density at radius 3 is 2.00 bits per heavy atom. The number of nitrogens with zero attached hydrogens (tertiary/aromatic N) is 2. The third kappa shape index (κ3) is 7.11. The molecule has 47 heavy (non-hydrogen) atoms. The van der Waals surface area contributed by atoms with Gasteiger partial charge in [-0.3, -0.25) is 4.79 Å². The summed E-state index contributed by atoms with van der Waals surface area (Å²) in [5, 5.41) is 0.225. The summed E-state index contributed by atoms with van der Waals surface area (Å²) in [5.41, 5.74) is 0.347. The van der Waals surface area contributed by atoms with E-state index in [0.717, 1.165) is 13.0 Å². The van der Waals surface area contributed by atoms with Crippen molar-refractivity contribution in [3.63, 3.8) is 0 Å². The summed E-state index contributed by atoms with van der Waals surface area (Å²) < 4.78 is 67.5. The first kappa shape index (κ1) is 33.9. The van der Waals surface area contributed by atoms with Gasteiger partial charge in [0.05, 0.1) is 47.1 Å². The normalized spacial score (nSPS) is 14.1. The molecule has 1 aromatic heterocycles. The molecule has 13 heteroatoms. The molecule has 1 aliphatic rings. The highest BCUT2D eigenvalue weighted by atomic mass is 32.2. The molecule has 5 rings (SSSR count). The largest absolute Gasteiger partial charge is 0.496 e. The lowest BCUT2D eigenvalue weighted by molar-refractivity contribution is 0.181. The first-order valence-corrected chi connectivity index (χ1v) is 16.6. The van der Waals surface area contributed by atoms with Gasteiger partial charge in [-0.1, -0.05) is 18.2 Å². The number of piperazine rings is 1. The molecular formula is C34H40N2O10S. The van der Waals surface area contributed by atoms with E-state index in [1.807, 2.05) is 0 Å². The Morgan fingerprint density at radius 2 is 1.40 bits per heavy atom. The summed E-state index contributed by atoms with van der Waals surface area (Å²) in [7, 11) is 4.01. The standard InChI is InChI=1S/C34H40N2O10S/c1-40-24-21-26(41-2)30-27(22-24)46-32(23-19-28(42-3)33(44-5)29(20-23)43-4)34(31(30)37)45-18-10-9-13-35-14-16-36(17-15-35)47(38,39)25-11-7-6-8-12-25/h6-8,11-12,19-22H,9-10,13-18H2,1-5H3. The number of unbranched alkanes of at least 4 members (excludes halogenated alkanes) is 1. The molecular weight excluding hydrogens is 628 g/mol. The summed E-state index contributed by atoms with van der Waals surface area (Å²) >= 11 is 0. The zero-order chi connectivity index (χ0) is 33.6. The van der Waals surface area contributed by atoms with Gasteiger partial charge >= 0.3 is 0 Å². The van der Waals surface area contributed by atoms with Gasteiger partial charge in [0.15, 0.2) is 17.3 Å². The van der Waals surface area contributed by atoms with Crippen LogP contribution >= 0.6 is 0 Å². The van der Waals surface area contributed by atoms with Crippen molar-refractivity contribution in [3.8, 4) is 45.8 Å². The lowest BCUT2D eigenvalue weighted by atomic mass is 10.1. The molecule has 0 amide bonds. The Labute approximate surface area is 274 Å². The monoisotopic (exact) mass is 668 g/mol. The third-order valence-corrected chi connectivity index (χ3v) is 10.0. The average Bonchev–Trinajstić information content (AvgIpc) is 3.11. The highest BCUT2D eigenvalue weighted by Gasteiger charge is 2.28. The zero-order valence-electron chi connectivity index (χ0n) is 27.2. The van der Waals surface area contributed by atoms with Crippen molar-refractivity contribution in [1.82, 2.24) is 9.21 Å². The van der Waals surface area contributed by atoms with Gasteiger partial charge in [0.1, 0.15) is 22.5 Å². The second-order valence-electron chi connectivity index (χ2n) is 10.8. The molecule has 0 aliphatic carbocycles. The van der Waals surface area contributed by atoms with E-state index < -0.39 is 15.5 Å². The molecule has 0 N–H and O–H groups in total. The molecule has 252 valence electrons. The third-order valence-electron chi connectivity index (χ3n) is 8.10. The molecule has 0 spiro atoms. The Hall–Kier alpha value is -4.46. The van der Waals surface area contributed by atoms with E-state index in [1.165, 1.54) is 39.9 Å². The van der Waals surface area contributed by atoms with Crippen LogP contribution in [-0.4, -0.2) is 92.5 Å². The van der Waals surface area contributed by atoms with Crippen molar-refractivity contribution >= 4 is 21.0 Å². The number of sulfonamides is 1. The minimum atomic E-state index is -3.50. The van der Waals surface area contributed by atoms with Gasteiger partial charge < -0.3 is 37.7 Å². The van der Waals surface area contributed by atoms with Crippen LogP contribution in [0.25, 0.3) is 22.3 Å². The van der Waals surface area contributed by atoms with E-state index >= 15 is 0 Å². The summed E-state index contributed by atoms with van der Waals surface area (Å²) in [4.78, 5) is 16.6. The molecule has 12 nitrogen and oxygen atoms in total. The fourth-order valence-corrected chi connectivity index (χ4v) is 7.05. The van der Waals surface area contributed by atoms with Crippen LogP contribution in [0, 0.1) is 0 Å². The first-order chi connectivity index (χ1) is 22.7. The van der Waals surface area contributed by atoms with E-state index in [1.54, 1.807) is 54.6 Å². The molecule has 0 radical (unpaired) electrons. The SMILES string of the molecule is COc1cc(OC)c2c(=O)c(OCCCCN3CCN(S(=O)(=O)c4ccccc4)CC3)c(-c3cc(OC)c(OC)c(OC)c3)oc2c1. The number of benzene rings is 3. The smallest absolute Gasteiger partial charge is 0.243 e. The first-order valence-electron chi connectivity index (χ1n) is 15.2. The van der Waals surface area contributed by atoms with E-state index in [2.05, 4.69) is 4.90 Å². The van der Waals surface area contributed by atoms with E-state index in [-0.39, 0.29) is 29.1 Å². The second kappa shape index (κ2) is 15.0. The van der Waals surface area contributed by atoms with Gasteiger partial charge in [-0.25, -0.2) is 8.42 Å². The highest BCUT2D eigenvalue weighted by molar-refractivity contribution is 7.89. The van der Waals surface area contributed by atoms with Gasteiger partial charge in [0.2, 0.25) is 27.0 Å². The summed E-state index contributed by atoms with van der Waals surface area (Å²) in [6, 6.07) is 15.1. The maximum atomic E-state index is 14.0. The lowest BCUT2D eigenvalue weighted by Gasteiger charge is -2.34. The molecule has 1 fully saturated rings. The minimum Gasteiger partial charge on any atom is -0.496 e. The molecule has 4 aromatic rings. The Balaban J connectivity index is 1.33. The molecule has 0 unspecified atom stereocenters. The summed E-state index contributed by atoms with van der Waals surface area (Å²) in [6.45, 7) is 3.13. The molecule has 0 atom stereocenters. The van der Waals surface area contributed by atoms with Crippen molar-refractivity contribution < 1.29 is 41.3 Å². The van der Waals surface area contributed by atoms with Crippen LogP contribution in [0.4, 0.5) is 0 Å². The molecule has 0 saturated carbocycles. The van der Waals surface area contributed by atoms with E-state index in [4.69, 9.17) is 32.8 Å². The van der Waals surface area contributed by atoms with E-state index in [0.29, 0.717) is 71.8 Å². The van der Waals surface area contributed by atoms with Crippen LogP contribution in [0.3, 0.4) is 0 Å². The topological polar surface area (TPSA) is 126 Å². The van der Waals surface area contributed by atoms with Crippen LogP contribution in [0.15, 0.2) is 68.7 Å². The number of ether oxygens (including phenoxy) is 6. The molecule has 1 saturated heterocycles. The van der Waals surface area contributed by atoms with Crippen LogP contribution in [0.2, 0.25) is 0 Å². The molecule has 0 bridgehead atoms. The number of methoxy groups -OCH3 is 5. The Kier molecular flexibility index (Phi) is 10.8. The number of rotatable bonds is 14. The number of fused-ring (bicyclic) bond motifs is 1. The molecule has 3 aromatic carbocycles. The van der Waals surface area contributed by atoms with Crippen LogP contribution in [0.1, 0.15) is 12.8 Å². The second-order valence-corrected chi connectivity index (χ2v) is 12.8. The van der Waals surface area contributed by atoms with Crippen molar-refractivity contribution in [2.45, 2.75) is 17.7 Å². The summed E-state index contributed by atoms with van der Waals surface area (Å²) in [6.07, 6.45) is 1.43. The maximum absolute atomic E-state index is 14.0. The van der Waals surface area contributed by atoms with Crippen molar-refractivity contribution in [1.29, 1.82) is 0 Å². The fraction of sp³-hybridized carbons (Fsp3) is 0.382. The average molecular weight is 669 g/mol. The minimum absolute atomic E-state index is 0.0231. The van der Waals surface area contributed by atoms with Gasteiger partial charge in [-0.15, -0.1) is 0 Å². The Morgan fingerprint density at radius 1 is 0.745 bits per heavy atom. The summed E-state index contributed by atoms with van der Waals surface area (Å²) in [5.74, 6) is 2.13. The van der Waals surface area contributed by atoms with E-state index in [9.17, 15) is 13.2 Å². The number of hydrogen-bond acceptors (Lipinski definition) is 11. The zero-order valence-corrected chi connectivity index (χ0v) is 28.1. The molecule has 2 heterocycles. The van der Waals surface area contributed by atoms with Gasteiger partial charge in [-0.2, -0.15) is 4.31 Å². The lowest BCUT2D eigenvalue weighted by Crippen LogP contribution is -2.48. The van der Waals surface area contributed by atoms with Gasteiger partial charge in [-0.05, 0) is 43.7 Å². The maximum Gasteiger partial charge on any atom is 0.243 e. The van der Waals surface area contributed by atoms with Crippen LogP contribution < -0.4 is 33.8 Å². The van der Waals surface area contributed by atoms with Gasteiger partial charge in [0, 0.05) is 43.9 Å². The molecule has 1 aliphatic heterocycles. The van der Waals surface area contributed by atoms with Gasteiger partial charge in [0.25, 0.3) is 0 Å². The highest BCUT2D eigenvalue weighted by Crippen LogP contribution is 2.44. The Bertz CT molecular complexity index is 1830. The van der Waals surface area contributed by atoms with Crippen molar-refractivity contribution in [3.05, 3.63) is 64.8 Å². The predicted octanol–water partition coefficient (Wildman–Crippen LogP) is 4.67. The fourth-order valence-electron chi connectivity index (χ4n) is 5.60. The van der Waals surface area contributed by atoms with Crippen LogP contribution in [-0.2, 0) is 10.0 Å². The quantitative estimate of drug-likeness (QED) is 0.174. The predicted molar refractivity (Wildman–Crippen MR) is 177 cm³/mol.